The number of rotatable bonds is 6. The second kappa shape index (κ2) is 6.63. The standard InChI is InChI=1S/C18H31NO4Si/c1-7-8-13-15(23-24(5,6)18(2,3)4)11-14(17(21)22)19(13)16(20)12-9-10-12/h7,12-15H,1,8-11H2,2-6H3,(H,21,22)/t13?,14?,15-/m0/s1. The van der Waals surface area contributed by atoms with Gasteiger partial charge in [-0.25, -0.2) is 4.79 Å². The third-order valence-corrected chi connectivity index (χ3v) is 10.2. The molecule has 0 spiro atoms. The minimum atomic E-state index is -2.05. The van der Waals surface area contributed by atoms with Crippen LogP contribution in [0.5, 0.6) is 0 Å². The Hall–Kier alpha value is -1.14. The average Bonchev–Trinajstić information content (AvgIpc) is 3.22. The van der Waals surface area contributed by atoms with Crippen molar-refractivity contribution in [3.63, 3.8) is 0 Å². The van der Waals surface area contributed by atoms with Crippen molar-refractivity contribution >= 4 is 20.2 Å². The summed E-state index contributed by atoms with van der Waals surface area (Å²) in [6, 6.07) is -0.997. The maximum atomic E-state index is 12.7. The lowest BCUT2D eigenvalue weighted by atomic mass is 10.1. The Morgan fingerprint density at radius 3 is 2.33 bits per heavy atom. The van der Waals surface area contributed by atoms with E-state index in [1.807, 2.05) is 0 Å². The maximum absolute atomic E-state index is 12.7. The minimum Gasteiger partial charge on any atom is -0.480 e. The monoisotopic (exact) mass is 353 g/mol. The molecule has 0 radical (unpaired) electrons. The van der Waals surface area contributed by atoms with Crippen LogP contribution >= 0.6 is 0 Å². The highest BCUT2D eigenvalue weighted by atomic mass is 28.4. The van der Waals surface area contributed by atoms with Crippen molar-refractivity contribution in [2.45, 2.75) is 82.8 Å². The number of carboxylic acid groups (broad SMARTS) is 1. The normalized spacial score (nSPS) is 28.0. The van der Waals surface area contributed by atoms with Gasteiger partial charge in [0.1, 0.15) is 6.04 Å². The smallest absolute Gasteiger partial charge is 0.326 e. The molecule has 3 atom stereocenters. The van der Waals surface area contributed by atoms with Crippen molar-refractivity contribution in [2.24, 2.45) is 5.92 Å². The van der Waals surface area contributed by atoms with Gasteiger partial charge in [-0.2, -0.15) is 0 Å². The Balaban J connectivity index is 2.28. The molecule has 1 saturated carbocycles. The molecule has 2 aliphatic rings. The highest BCUT2D eigenvalue weighted by Gasteiger charge is 2.52. The van der Waals surface area contributed by atoms with Gasteiger partial charge in [-0.15, -0.1) is 6.58 Å². The molecule has 0 aromatic heterocycles. The third kappa shape index (κ3) is 3.75. The highest BCUT2D eigenvalue weighted by Crippen LogP contribution is 2.42. The number of carboxylic acids is 1. The molecule has 2 rings (SSSR count). The summed E-state index contributed by atoms with van der Waals surface area (Å²) >= 11 is 0. The van der Waals surface area contributed by atoms with Crippen molar-refractivity contribution < 1.29 is 19.1 Å². The number of hydrogen-bond acceptors (Lipinski definition) is 3. The van der Waals surface area contributed by atoms with Crippen LogP contribution < -0.4 is 0 Å². The summed E-state index contributed by atoms with van der Waals surface area (Å²) in [4.78, 5) is 26.0. The summed E-state index contributed by atoms with van der Waals surface area (Å²) in [5.41, 5.74) is 0. The molecule has 5 nitrogen and oxygen atoms in total. The van der Waals surface area contributed by atoms with Crippen molar-refractivity contribution in [3.8, 4) is 0 Å². The summed E-state index contributed by atoms with van der Waals surface area (Å²) in [6.45, 7) is 14.6. The van der Waals surface area contributed by atoms with E-state index in [1.54, 1.807) is 11.0 Å². The summed E-state index contributed by atoms with van der Waals surface area (Å²) in [5, 5.41) is 9.67. The van der Waals surface area contributed by atoms with Crippen molar-refractivity contribution in [1.82, 2.24) is 4.90 Å². The van der Waals surface area contributed by atoms with Crippen LogP contribution in [0.3, 0.4) is 0 Å². The van der Waals surface area contributed by atoms with Gasteiger partial charge in [-0.1, -0.05) is 26.8 Å². The molecule has 0 bridgehead atoms. The van der Waals surface area contributed by atoms with Gasteiger partial charge in [0.05, 0.1) is 12.1 Å². The van der Waals surface area contributed by atoms with Gasteiger partial charge < -0.3 is 14.4 Å². The Kier molecular flexibility index (Phi) is 5.30. The quantitative estimate of drug-likeness (QED) is 0.587. The molecule has 136 valence electrons. The molecule has 6 heteroatoms. The second-order valence-electron chi connectivity index (χ2n) is 8.62. The molecule has 2 unspecified atom stereocenters. The lowest BCUT2D eigenvalue weighted by Gasteiger charge is -2.40. The molecular weight excluding hydrogens is 322 g/mol. The van der Waals surface area contributed by atoms with Crippen LogP contribution in [0.4, 0.5) is 0 Å². The topological polar surface area (TPSA) is 66.8 Å². The van der Waals surface area contributed by atoms with E-state index in [9.17, 15) is 14.7 Å². The van der Waals surface area contributed by atoms with Crippen molar-refractivity contribution in [3.05, 3.63) is 12.7 Å². The third-order valence-electron chi connectivity index (χ3n) is 5.70. The largest absolute Gasteiger partial charge is 0.480 e. The van der Waals surface area contributed by atoms with Crippen molar-refractivity contribution in [1.29, 1.82) is 0 Å². The lowest BCUT2D eigenvalue weighted by molar-refractivity contribution is -0.150. The van der Waals surface area contributed by atoms with Crippen LogP contribution in [0.25, 0.3) is 0 Å². The van der Waals surface area contributed by atoms with E-state index < -0.39 is 20.3 Å². The van der Waals surface area contributed by atoms with Crippen LogP contribution in [-0.2, 0) is 14.0 Å². The number of aliphatic carboxylic acids is 1. The average molecular weight is 354 g/mol. The van der Waals surface area contributed by atoms with E-state index in [2.05, 4.69) is 40.4 Å². The maximum Gasteiger partial charge on any atom is 0.326 e. The first kappa shape index (κ1) is 19.2. The first-order valence-electron chi connectivity index (χ1n) is 8.83. The SMILES string of the molecule is C=CCC1[C@@H](O[Si](C)(C)C(C)(C)C)CC(C(=O)O)N1C(=O)C1CC1. The van der Waals surface area contributed by atoms with Gasteiger partial charge in [-0.05, 0) is 37.4 Å². The number of carbonyl (C=O) groups is 2. The summed E-state index contributed by atoms with van der Waals surface area (Å²) in [5.74, 6) is -0.944. The van der Waals surface area contributed by atoms with E-state index in [-0.39, 0.29) is 29.0 Å². The van der Waals surface area contributed by atoms with Gasteiger partial charge in [0, 0.05) is 12.3 Å². The fraction of sp³-hybridized carbons (Fsp3) is 0.778. The van der Waals surface area contributed by atoms with E-state index in [4.69, 9.17) is 4.43 Å². The molecule has 2 fully saturated rings. The summed E-state index contributed by atoms with van der Waals surface area (Å²) in [6.07, 6.45) is 4.23. The molecule has 1 aliphatic carbocycles. The van der Waals surface area contributed by atoms with Gasteiger partial charge in [-0.3, -0.25) is 4.79 Å². The highest BCUT2D eigenvalue weighted by molar-refractivity contribution is 6.74. The Labute approximate surface area is 146 Å². The predicted molar refractivity (Wildman–Crippen MR) is 96.3 cm³/mol. The summed E-state index contributed by atoms with van der Waals surface area (Å²) < 4.78 is 6.52. The van der Waals surface area contributed by atoms with Crippen LogP contribution in [0, 0.1) is 5.92 Å². The molecule has 24 heavy (non-hydrogen) atoms. The Morgan fingerprint density at radius 1 is 1.33 bits per heavy atom. The van der Waals surface area contributed by atoms with E-state index in [1.165, 1.54) is 0 Å². The minimum absolute atomic E-state index is 0.00536. The number of amides is 1. The molecular formula is C18H31NO4Si. The Bertz CT molecular complexity index is 522. The summed E-state index contributed by atoms with van der Waals surface area (Å²) in [7, 11) is -2.05. The van der Waals surface area contributed by atoms with Crippen LogP contribution in [0.2, 0.25) is 18.1 Å². The number of carbonyl (C=O) groups excluding carboxylic acids is 1. The zero-order chi connectivity index (χ0) is 18.3. The molecule has 0 aromatic carbocycles. The van der Waals surface area contributed by atoms with E-state index in [0.717, 1.165) is 12.8 Å². The number of hydrogen-bond donors (Lipinski definition) is 1. The first-order valence-corrected chi connectivity index (χ1v) is 11.7. The zero-order valence-corrected chi connectivity index (χ0v) is 16.5. The molecule has 1 heterocycles. The van der Waals surface area contributed by atoms with Crippen LogP contribution in [0.1, 0.15) is 46.5 Å². The first-order chi connectivity index (χ1) is 11.0. The predicted octanol–water partition coefficient (Wildman–Crippen LogP) is 3.42. The lowest BCUT2D eigenvalue weighted by Crippen LogP contribution is -2.50. The Morgan fingerprint density at radius 2 is 1.92 bits per heavy atom. The molecule has 1 saturated heterocycles. The fourth-order valence-corrected chi connectivity index (χ4v) is 4.46. The van der Waals surface area contributed by atoms with Crippen molar-refractivity contribution in [2.75, 3.05) is 0 Å². The number of nitrogens with zero attached hydrogens (tertiary/aromatic N) is 1. The fourth-order valence-electron chi connectivity index (χ4n) is 3.10. The van der Waals surface area contributed by atoms with Gasteiger partial charge in [0.2, 0.25) is 5.91 Å². The van der Waals surface area contributed by atoms with Gasteiger partial charge >= 0.3 is 5.97 Å². The number of likely N-dealkylation sites (tertiary alicyclic amines) is 1. The van der Waals surface area contributed by atoms with Crippen LogP contribution in [0.15, 0.2) is 12.7 Å². The van der Waals surface area contributed by atoms with E-state index in [0.29, 0.717) is 12.8 Å². The molecule has 0 aromatic rings. The van der Waals surface area contributed by atoms with Gasteiger partial charge in [0.15, 0.2) is 8.32 Å². The van der Waals surface area contributed by atoms with Crippen LogP contribution in [-0.4, -0.2) is 48.4 Å². The molecule has 1 amide bonds. The molecule has 1 aliphatic heterocycles. The van der Waals surface area contributed by atoms with E-state index >= 15 is 0 Å². The molecule has 1 N–H and O–H groups in total. The zero-order valence-electron chi connectivity index (χ0n) is 15.5. The second-order valence-corrected chi connectivity index (χ2v) is 13.4. The van der Waals surface area contributed by atoms with Gasteiger partial charge in [0.25, 0.3) is 0 Å².